The highest BCUT2D eigenvalue weighted by Crippen LogP contribution is 2.16. The third-order valence-electron chi connectivity index (χ3n) is 3.03. The zero-order chi connectivity index (χ0) is 15.2. The highest BCUT2D eigenvalue weighted by molar-refractivity contribution is 5.89. The number of methoxy groups -OCH3 is 1. The van der Waals surface area contributed by atoms with E-state index in [1.54, 1.807) is 7.11 Å². The highest BCUT2D eigenvalue weighted by Gasteiger charge is 2.10. The molecule has 0 amide bonds. The van der Waals surface area contributed by atoms with Gasteiger partial charge in [0.05, 0.1) is 12.2 Å². The molecule has 0 fully saturated rings. The first-order valence-electron chi connectivity index (χ1n) is 6.43. The summed E-state index contributed by atoms with van der Waals surface area (Å²) in [5.41, 5.74) is 2.34. The van der Waals surface area contributed by atoms with Gasteiger partial charge in [-0.2, -0.15) is 0 Å². The van der Waals surface area contributed by atoms with E-state index < -0.39 is 11.8 Å². The van der Waals surface area contributed by atoms with Crippen molar-refractivity contribution in [3.05, 3.63) is 65.0 Å². The van der Waals surface area contributed by atoms with Gasteiger partial charge < -0.3 is 15.2 Å². The van der Waals surface area contributed by atoms with E-state index >= 15 is 0 Å². The minimum Gasteiger partial charge on any atom is -0.478 e. The van der Waals surface area contributed by atoms with Crippen LogP contribution in [0.2, 0.25) is 0 Å². The van der Waals surface area contributed by atoms with Gasteiger partial charge in [0.2, 0.25) is 0 Å². The smallest absolute Gasteiger partial charge is 0.338 e. The largest absolute Gasteiger partial charge is 0.478 e. The minimum atomic E-state index is -1.28. The molecule has 21 heavy (non-hydrogen) atoms. The molecule has 0 unspecified atom stereocenters. The van der Waals surface area contributed by atoms with Gasteiger partial charge in [-0.05, 0) is 29.3 Å². The third kappa shape index (κ3) is 4.03. The van der Waals surface area contributed by atoms with E-state index in [0.29, 0.717) is 18.8 Å². The van der Waals surface area contributed by atoms with Crippen molar-refractivity contribution >= 4 is 11.7 Å². The third-order valence-corrected chi connectivity index (χ3v) is 3.03. The lowest BCUT2D eigenvalue weighted by Crippen LogP contribution is -2.04. The fraction of sp³-hybridized carbons (Fsp3) is 0.188. The van der Waals surface area contributed by atoms with E-state index in [-0.39, 0.29) is 5.56 Å². The minimum absolute atomic E-state index is 0.338. The molecule has 0 saturated carbocycles. The molecular weight excluding hydrogens is 273 g/mol. The Morgan fingerprint density at radius 2 is 1.86 bits per heavy atom. The van der Waals surface area contributed by atoms with Gasteiger partial charge in [0.15, 0.2) is 0 Å². The Bertz CT molecular complexity index is 626. The normalized spacial score (nSPS) is 10.4. The van der Waals surface area contributed by atoms with Crippen LogP contribution in [0.4, 0.5) is 10.1 Å². The number of benzene rings is 2. The standard InChI is InChI=1S/C16H16FNO3/c1-21-10-12-4-2-11(3-5-12)9-18-13-6-7-15(17)14(8-13)16(19)20/h2-8,18H,9-10H2,1H3,(H,19,20). The molecule has 0 radical (unpaired) electrons. The van der Waals surface area contributed by atoms with Crippen LogP contribution in [0, 0.1) is 5.82 Å². The van der Waals surface area contributed by atoms with Gasteiger partial charge in [0, 0.05) is 19.3 Å². The number of nitrogens with one attached hydrogen (secondary N) is 1. The number of carboxylic acids is 1. The maximum atomic E-state index is 13.3. The van der Waals surface area contributed by atoms with Gasteiger partial charge in [-0.3, -0.25) is 0 Å². The van der Waals surface area contributed by atoms with E-state index in [4.69, 9.17) is 9.84 Å². The lowest BCUT2D eigenvalue weighted by atomic mass is 10.1. The molecule has 2 N–H and O–H groups in total. The molecule has 0 aromatic heterocycles. The van der Waals surface area contributed by atoms with Crippen molar-refractivity contribution in [2.45, 2.75) is 13.2 Å². The van der Waals surface area contributed by atoms with E-state index in [9.17, 15) is 9.18 Å². The quantitative estimate of drug-likeness (QED) is 0.856. The monoisotopic (exact) mass is 289 g/mol. The lowest BCUT2D eigenvalue weighted by molar-refractivity contribution is 0.0692. The molecule has 2 aromatic carbocycles. The van der Waals surface area contributed by atoms with E-state index in [1.807, 2.05) is 24.3 Å². The van der Waals surface area contributed by atoms with E-state index in [1.165, 1.54) is 12.1 Å². The Labute approximate surface area is 122 Å². The number of halogens is 1. The summed E-state index contributed by atoms with van der Waals surface area (Å²) in [6, 6.07) is 11.8. The lowest BCUT2D eigenvalue weighted by Gasteiger charge is -2.08. The number of carbonyl (C=O) groups is 1. The van der Waals surface area contributed by atoms with Gasteiger partial charge >= 0.3 is 5.97 Å². The summed E-state index contributed by atoms with van der Waals surface area (Å²) in [6.45, 7) is 1.09. The number of aromatic carboxylic acids is 1. The number of hydrogen-bond acceptors (Lipinski definition) is 3. The average Bonchev–Trinajstić information content (AvgIpc) is 2.48. The molecule has 4 nitrogen and oxygen atoms in total. The molecule has 0 aliphatic rings. The summed E-state index contributed by atoms with van der Waals surface area (Å²) in [4.78, 5) is 10.9. The molecule has 110 valence electrons. The van der Waals surface area contributed by atoms with Gasteiger partial charge in [-0.25, -0.2) is 9.18 Å². The summed E-state index contributed by atoms with van der Waals surface area (Å²) in [5, 5.41) is 12.0. The molecule has 0 heterocycles. The summed E-state index contributed by atoms with van der Waals surface area (Å²) >= 11 is 0. The first-order chi connectivity index (χ1) is 10.1. The average molecular weight is 289 g/mol. The first-order valence-corrected chi connectivity index (χ1v) is 6.43. The van der Waals surface area contributed by atoms with Crippen LogP contribution < -0.4 is 5.32 Å². The summed E-state index contributed by atoms with van der Waals surface area (Å²) < 4.78 is 18.3. The van der Waals surface area contributed by atoms with Crippen LogP contribution in [0.25, 0.3) is 0 Å². The SMILES string of the molecule is COCc1ccc(CNc2ccc(F)c(C(=O)O)c2)cc1. The summed E-state index contributed by atoms with van der Waals surface area (Å²) in [5.74, 6) is -2.02. The topological polar surface area (TPSA) is 58.6 Å². The number of rotatable bonds is 6. The summed E-state index contributed by atoms with van der Waals surface area (Å²) in [7, 11) is 1.64. The Kier molecular flexibility index (Phi) is 4.90. The summed E-state index contributed by atoms with van der Waals surface area (Å²) in [6.07, 6.45) is 0. The Morgan fingerprint density at radius 3 is 2.48 bits per heavy atom. The second kappa shape index (κ2) is 6.85. The molecule has 0 spiro atoms. The maximum absolute atomic E-state index is 13.3. The molecule has 0 bridgehead atoms. The van der Waals surface area contributed by atoms with Crippen LogP contribution in [-0.4, -0.2) is 18.2 Å². The maximum Gasteiger partial charge on any atom is 0.338 e. The van der Waals surface area contributed by atoms with Gasteiger partial charge in [-0.1, -0.05) is 24.3 Å². The van der Waals surface area contributed by atoms with Gasteiger partial charge in [-0.15, -0.1) is 0 Å². The molecule has 0 saturated heterocycles. The number of carboxylic acid groups (broad SMARTS) is 1. The molecule has 2 rings (SSSR count). The zero-order valence-corrected chi connectivity index (χ0v) is 11.6. The van der Waals surface area contributed by atoms with Crippen molar-refractivity contribution < 1.29 is 19.0 Å². The van der Waals surface area contributed by atoms with Crippen LogP contribution in [0.15, 0.2) is 42.5 Å². The molecular formula is C16H16FNO3. The van der Waals surface area contributed by atoms with Crippen molar-refractivity contribution in [2.24, 2.45) is 0 Å². The fourth-order valence-electron chi connectivity index (χ4n) is 1.92. The zero-order valence-electron chi connectivity index (χ0n) is 11.6. The van der Waals surface area contributed by atoms with Crippen LogP contribution >= 0.6 is 0 Å². The molecule has 2 aromatic rings. The van der Waals surface area contributed by atoms with Gasteiger partial charge in [0.25, 0.3) is 0 Å². The Balaban J connectivity index is 2.02. The van der Waals surface area contributed by atoms with Crippen molar-refractivity contribution in [1.29, 1.82) is 0 Å². The van der Waals surface area contributed by atoms with E-state index in [0.717, 1.165) is 17.2 Å². The van der Waals surface area contributed by atoms with E-state index in [2.05, 4.69) is 5.32 Å². The van der Waals surface area contributed by atoms with Crippen molar-refractivity contribution in [1.82, 2.24) is 0 Å². The second-order valence-electron chi connectivity index (χ2n) is 4.60. The molecule has 0 aliphatic heterocycles. The number of hydrogen-bond donors (Lipinski definition) is 2. The van der Waals surface area contributed by atoms with Crippen molar-refractivity contribution in [2.75, 3.05) is 12.4 Å². The fourth-order valence-corrected chi connectivity index (χ4v) is 1.92. The molecule has 5 heteroatoms. The number of ether oxygens (including phenoxy) is 1. The van der Waals surface area contributed by atoms with Crippen LogP contribution in [0.1, 0.15) is 21.5 Å². The molecule has 0 atom stereocenters. The van der Waals surface area contributed by atoms with Crippen molar-refractivity contribution in [3.63, 3.8) is 0 Å². The van der Waals surface area contributed by atoms with Gasteiger partial charge in [0.1, 0.15) is 5.82 Å². The first kappa shape index (κ1) is 15.0. The van der Waals surface area contributed by atoms with Crippen LogP contribution in [0.3, 0.4) is 0 Å². The highest BCUT2D eigenvalue weighted by atomic mass is 19.1. The van der Waals surface area contributed by atoms with Crippen LogP contribution in [0.5, 0.6) is 0 Å². The second-order valence-corrected chi connectivity index (χ2v) is 4.60. The predicted molar refractivity (Wildman–Crippen MR) is 77.8 cm³/mol. The Hall–Kier alpha value is -2.40. The van der Waals surface area contributed by atoms with Crippen molar-refractivity contribution in [3.8, 4) is 0 Å². The Morgan fingerprint density at radius 1 is 1.19 bits per heavy atom. The predicted octanol–water partition coefficient (Wildman–Crippen LogP) is 3.28. The molecule has 0 aliphatic carbocycles. The number of anilines is 1. The van der Waals surface area contributed by atoms with Crippen LogP contribution in [-0.2, 0) is 17.9 Å².